The largest absolute Gasteiger partial charge is 0.383 e. The Hall–Kier alpha value is -2.36. The SMILES string of the molecule is CCCc1nc(-c2cccc3cccnc23)c(N)n1C. The third-order valence-corrected chi connectivity index (χ3v) is 3.59. The summed E-state index contributed by atoms with van der Waals surface area (Å²) in [5.41, 5.74) is 9.01. The van der Waals surface area contributed by atoms with Gasteiger partial charge >= 0.3 is 0 Å². The number of hydrogen-bond donors (Lipinski definition) is 1. The van der Waals surface area contributed by atoms with Crippen LogP contribution in [0.5, 0.6) is 0 Å². The summed E-state index contributed by atoms with van der Waals surface area (Å²) in [6, 6.07) is 10.1. The Balaban J connectivity index is 2.23. The number of rotatable bonds is 3. The van der Waals surface area contributed by atoms with Crippen molar-refractivity contribution in [2.75, 3.05) is 5.73 Å². The van der Waals surface area contributed by atoms with Gasteiger partial charge < -0.3 is 10.3 Å². The number of imidazole rings is 1. The maximum absolute atomic E-state index is 6.23. The summed E-state index contributed by atoms with van der Waals surface area (Å²) in [7, 11) is 1.97. The predicted octanol–water partition coefficient (Wildman–Crippen LogP) is 3.17. The fraction of sp³-hybridized carbons (Fsp3) is 0.250. The molecule has 0 spiro atoms. The van der Waals surface area contributed by atoms with Crippen LogP contribution in [0.25, 0.3) is 22.2 Å². The van der Waals surface area contributed by atoms with Gasteiger partial charge in [-0.15, -0.1) is 0 Å². The molecule has 0 saturated heterocycles. The molecular formula is C16H18N4. The highest BCUT2D eigenvalue weighted by atomic mass is 15.1. The lowest BCUT2D eigenvalue weighted by Crippen LogP contribution is -2.01. The monoisotopic (exact) mass is 266 g/mol. The Morgan fingerprint density at radius 2 is 2.00 bits per heavy atom. The fourth-order valence-electron chi connectivity index (χ4n) is 2.50. The van der Waals surface area contributed by atoms with Crippen molar-refractivity contribution in [1.29, 1.82) is 0 Å². The fourth-order valence-corrected chi connectivity index (χ4v) is 2.50. The summed E-state index contributed by atoms with van der Waals surface area (Å²) in [6.07, 6.45) is 3.79. The molecule has 3 rings (SSSR count). The van der Waals surface area contributed by atoms with E-state index in [4.69, 9.17) is 10.7 Å². The summed E-state index contributed by atoms with van der Waals surface area (Å²) >= 11 is 0. The standard InChI is InChI=1S/C16H18N4/c1-3-6-13-19-15(16(17)20(13)2)12-9-4-7-11-8-5-10-18-14(11)12/h4-5,7-10H,3,6,17H2,1-2H3. The van der Waals surface area contributed by atoms with E-state index in [0.717, 1.165) is 40.8 Å². The van der Waals surface area contributed by atoms with Crippen molar-refractivity contribution in [2.45, 2.75) is 19.8 Å². The van der Waals surface area contributed by atoms with Crippen LogP contribution in [0.3, 0.4) is 0 Å². The smallest absolute Gasteiger partial charge is 0.131 e. The van der Waals surface area contributed by atoms with Crippen LogP contribution >= 0.6 is 0 Å². The van der Waals surface area contributed by atoms with E-state index in [1.807, 2.05) is 29.8 Å². The van der Waals surface area contributed by atoms with Gasteiger partial charge in [-0.3, -0.25) is 4.98 Å². The zero-order valence-corrected chi connectivity index (χ0v) is 11.8. The highest BCUT2D eigenvalue weighted by molar-refractivity contribution is 5.94. The van der Waals surface area contributed by atoms with Crippen molar-refractivity contribution in [3.63, 3.8) is 0 Å². The number of aromatic nitrogens is 3. The predicted molar refractivity (Wildman–Crippen MR) is 82.4 cm³/mol. The highest BCUT2D eigenvalue weighted by Crippen LogP contribution is 2.31. The van der Waals surface area contributed by atoms with Gasteiger partial charge in [0.2, 0.25) is 0 Å². The Labute approximate surface area is 118 Å². The second-order valence-electron chi connectivity index (χ2n) is 4.95. The van der Waals surface area contributed by atoms with Gasteiger partial charge in [0, 0.05) is 30.6 Å². The molecule has 4 nitrogen and oxygen atoms in total. The Morgan fingerprint density at radius 3 is 2.80 bits per heavy atom. The molecule has 2 N–H and O–H groups in total. The highest BCUT2D eigenvalue weighted by Gasteiger charge is 2.15. The minimum atomic E-state index is 0.701. The van der Waals surface area contributed by atoms with Crippen LogP contribution in [0.15, 0.2) is 36.5 Å². The second-order valence-corrected chi connectivity index (χ2v) is 4.95. The van der Waals surface area contributed by atoms with E-state index in [2.05, 4.69) is 24.0 Å². The van der Waals surface area contributed by atoms with Crippen molar-refractivity contribution in [3.05, 3.63) is 42.4 Å². The quantitative estimate of drug-likeness (QED) is 0.792. The van der Waals surface area contributed by atoms with Crippen LogP contribution < -0.4 is 5.73 Å². The molecule has 0 aliphatic rings. The van der Waals surface area contributed by atoms with Gasteiger partial charge in [-0.1, -0.05) is 31.2 Å². The molecule has 0 saturated carbocycles. The molecule has 20 heavy (non-hydrogen) atoms. The van der Waals surface area contributed by atoms with Crippen LogP contribution in [0, 0.1) is 0 Å². The maximum atomic E-state index is 6.23. The lowest BCUT2D eigenvalue weighted by Gasteiger charge is -2.04. The van der Waals surface area contributed by atoms with Gasteiger partial charge in [0.25, 0.3) is 0 Å². The molecule has 102 valence electrons. The van der Waals surface area contributed by atoms with E-state index < -0.39 is 0 Å². The molecule has 0 unspecified atom stereocenters. The number of hydrogen-bond acceptors (Lipinski definition) is 3. The third-order valence-electron chi connectivity index (χ3n) is 3.59. The number of nitrogen functional groups attached to an aromatic ring is 1. The molecule has 0 atom stereocenters. The molecule has 2 aromatic heterocycles. The molecule has 4 heteroatoms. The number of anilines is 1. The van der Waals surface area contributed by atoms with Gasteiger partial charge in [0.05, 0.1) is 5.52 Å². The molecule has 0 aliphatic carbocycles. The van der Waals surface area contributed by atoms with Gasteiger partial charge in [-0.05, 0) is 12.5 Å². The first-order valence-electron chi connectivity index (χ1n) is 6.87. The average molecular weight is 266 g/mol. The van der Waals surface area contributed by atoms with Crippen molar-refractivity contribution >= 4 is 16.7 Å². The number of nitrogens with two attached hydrogens (primary N) is 1. The van der Waals surface area contributed by atoms with Gasteiger partial charge in [-0.2, -0.15) is 0 Å². The first-order valence-corrected chi connectivity index (χ1v) is 6.87. The summed E-state index contributed by atoms with van der Waals surface area (Å²) in [4.78, 5) is 9.20. The Morgan fingerprint density at radius 1 is 1.20 bits per heavy atom. The molecule has 0 fully saturated rings. The number of para-hydroxylation sites is 1. The summed E-state index contributed by atoms with van der Waals surface area (Å²) < 4.78 is 1.97. The number of aryl methyl sites for hydroxylation is 1. The lowest BCUT2D eigenvalue weighted by atomic mass is 10.1. The first-order chi connectivity index (χ1) is 9.72. The second kappa shape index (κ2) is 4.96. The molecule has 0 aliphatic heterocycles. The summed E-state index contributed by atoms with van der Waals surface area (Å²) in [5.74, 6) is 1.72. The normalized spacial score (nSPS) is 11.1. The third kappa shape index (κ3) is 1.93. The average Bonchev–Trinajstić information content (AvgIpc) is 2.76. The molecule has 0 radical (unpaired) electrons. The van der Waals surface area contributed by atoms with Crippen molar-refractivity contribution in [2.24, 2.45) is 7.05 Å². The van der Waals surface area contributed by atoms with E-state index in [0.29, 0.717) is 5.82 Å². The van der Waals surface area contributed by atoms with E-state index in [9.17, 15) is 0 Å². The molecule has 0 bridgehead atoms. The van der Waals surface area contributed by atoms with Gasteiger partial charge in [0.1, 0.15) is 17.3 Å². The molecule has 1 aromatic carbocycles. The maximum Gasteiger partial charge on any atom is 0.131 e. The van der Waals surface area contributed by atoms with E-state index >= 15 is 0 Å². The minimum Gasteiger partial charge on any atom is -0.383 e. The van der Waals surface area contributed by atoms with E-state index in [1.54, 1.807) is 6.20 Å². The topological polar surface area (TPSA) is 56.7 Å². The zero-order chi connectivity index (χ0) is 14.1. The molecule has 3 aromatic rings. The minimum absolute atomic E-state index is 0.701. The van der Waals surface area contributed by atoms with Crippen LogP contribution in [0.1, 0.15) is 19.2 Å². The summed E-state index contributed by atoms with van der Waals surface area (Å²) in [5, 5.41) is 1.10. The Bertz CT molecular complexity index is 753. The van der Waals surface area contributed by atoms with Crippen molar-refractivity contribution in [3.8, 4) is 11.3 Å². The van der Waals surface area contributed by atoms with Crippen LogP contribution in [-0.2, 0) is 13.5 Å². The summed E-state index contributed by atoms with van der Waals surface area (Å²) in [6.45, 7) is 2.14. The number of pyridine rings is 1. The van der Waals surface area contributed by atoms with E-state index in [-0.39, 0.29) is 0 Å². The lowest BCUT2D eigenvalue weighted by molar-refractivity contribution is 0.764. The van der Waals surface area contributed by atoms with Crippen LogP contribution in [0.4, 0.5) is 5.82 Å². The Kier molecular flexibility index (Phi) is 3.14. The van der Waals surface area contributed by atoms with Crippen molar-refractivity contribution < 1.29 is 0 Å². The van der Waals surface area contributed by atoms with E-state index in [1.165, 1.54) is 0 Å². The number of benzene rings is 1. The zero-order valence-electron chi connectivity index (χ0n) is 11.8. The van der Waals surface area contributed by atoms with Crippen molar-refractivity contribution in [1.82, 2.24) is 14.5 Å². The number of nitrogens with zero attached hydrogens (tertiary/aromatic N) is 3. The first kappa shape index (κ1) is 12.7. The van der Waals surface area contributed by atoms with Crippen LogP contribution in [0.2, 0.25) is 0 Å². The molecule has 0 amide bonds. The van der Waals surface area contributed by atoms with Gasteiger partial charge in [0.15, 0.2) is 0 Å². The molecule has 2 heterocycles. The number of fused-ring (bicyclic) bond motifs is 1. The molecular weight excluding hydrogens is 248 g/mol. The van der Waals surface area contributed by atoms with Gasteiger partial charge in [-0.25, -0.2) is 4.98 Å². The van der Waals surface area contributed by atoms with Crippen LogP contribution in [-0.4, -0.2) is 14.5 Å².